The molecule has 5 nitrogen and oxygen atoms in total. The van der Waals surface area contributed by atoms with Crippen LogP contribution < -0.4 is 10.6 Å². The zero-order chi connectivity index (χ0) is 18.1. The maximum atomic E-state index is 12.3. The minimum absolute atomic E-state index is 0.0724. The number of esters is 1. The molecule has 2 N–H and O–H groups in total. The van der Waals surface area contributed by atoms with Crippen LogP contribution in [0.25, 0.3) is 0 Å². The molecule has 0 saturated heterocycles. The van der Waals surface area contributed by atoms with Crippen molar-refractivity contribution >= 4 is 23.3 Å². The van der Waals surface area contributed by atoms with Gasteiger partial charge in [0.05, 0.1) is 11.3 Å². The Morgan fingerprint density at radius 1 is 1.04 bits per heavy atom. The number of para-hydroxylation sites is 2. The molecule has 0 bridgehead atoms. The molecule has 5 heteroatoms. The third-order valence-electron chi connectivity index (χ3n) is 3.66. The number of amides is 1. The second-order valence-electron chi connectivity index (χ2n) is 5.87. The fourth-order valence-corrected chi connectivity index (χ4v) is 2.48. The second kappa shape index (κ2) is 9.47. The highest BCUT2D eigenvalue weighted by Crippen LogP contribution is 2.21. The topological polar surface area (TPSA) is 67.4 Å². The number of ether oxygens (including phenoxy) is 1. The van der Waals surface area contributed by atoms with Crippen molar-refractivity contribution in [2.75, 3.05) is 11.9 Å². The van der Waals surface area contributed by atoms with Gasteiger partial charge >= 0.3 is 5.97 Å². The summed E-state index contributed by atoms with van der Waals surface area (Å²) in [4.78, 5) is 24.2. The molecule has 2 aromatic carbocycles. The van der Waals surface area contributed by atoms with Gasteiger partial charge in [0.15, 0.2) is 6.61 Å². The summed E-state index contributed by atoms with van der Waals surface area (Å²) < 4.78 is 5.16. The van der Waals surface area contributed by atoms with Crippen LogP contribution in [0, 0.1) is 0 Å². The van der Waals surface area contributed by atoms with Gasteiger partial charge in [0.2, 0.25) is 0 Å². The van der Waals surface area contributed by atoms with Crippen LogP contribution in [0.1, 0.15) is 37.0 Å². The number of carbonyl (C=O) groups excluding carboxylic acids is 2. The fourth-order valence-electron chi connectivity index (χ4n) is 2.48. The number of nitrogens with one attached hydrogen (secondary N) is 2. The third-order valence-corrected chi connectivity index (χ3v) is 3.66. The average Bonchev–Trinajstić information content (AvgIpc) is 2.61. The number of hydrogen-bond donors (Lipinski definition) is 2. The van der Waals surface area contributed by atoms with Crippen molar-refractivity contribution in [2.45, 2.75) is 32.7 Å². The summed E-state index contributed by atoms with van der Waals surface area (Å²) in [7, 11) is 0. The fraction of sp³-hybridized carbons (Fsp3) is 0.300. The van der Waals surface area contributed by atoms with Crippen LogP contribution in [-0.4, -0.2) is 24.5 Å². The summed E-state index contributed by atoms with van der Waals surface area (Å²) in [6.07, 6.45) is 1.88. The van der Waals surface area contributed by atoms with Gasteiger partial charge in [-0.25, -0.2) is 4.79 Å². The van der Waals surface area contributed by atoms with E-state index in [1.807, 2.05) is 43.3 Å². The predicted octanol–water partition coefficient (Wildman–Crippen LogP) is 3.89. The Labute approximate surface area is 148 Å². The zero-order valence-corrected chi connectivity index (χ0v) is 14.6. The number of benzene rings is 2. The molecule has 0 aromatic heterocycles. The molecule has 0 saturated carbocycles. The van der Waals surface area contributed by atoms with Crippen molar-refractivity contribution in [1.29, 1.82) is 0 Å². The maximum Gasteiger partial charge on any atom is 0.340 e. The highest BCUT2D eigenvalue weighted by molar-refractivity contribution is 5.97. The molecule has 2 rings (SSSR count). The SMILES string of the molecule is CCC[C@H](C)NC(=O)COC(=O)c1ccccc1Nc1ccccc1. The van der Waals surface area contributed by atoms with Gasteiger partial charge in [-0.2, -0.15) is 0 Å². The molecule has 0 unspecified atom stereocenters. The van der Waals surface area contributed by atoms with Gasteiger partial charge < -0.3 is 15.4 Å². The molecule has 25 heavy (non-hydrogen) atoms. The summed E-state index contributed by atoms with van der Waals surface area (Å²) in [6, 6.07) is 16.7. The molecule has 0 heterocycles. The van der Waals surface area contributed by atoms with Crippen LogP contribution in [-0.2, 0) is 9.53 Å². The normalized spacial score (nSPS) is 11.4. The summed E-state index contributed by atoms with van der Waals surface area (Å²) in [5.41, 5.74) is 1.90. The Kier molecular flexibility index (Phi) is 7.01. The maximum absolute atomic E-state index is 12.3. The van der Waals surface area contributed by atoms with E-state index in [1.54, 1.807) is 18.2 Å². The standard InChI is InChI=1S/C20H24N2O3/c1-3-9-15(2)21-19(23)14-25-20(24)17-12-7-8-13-18(17)22-16-10-5-4-6-11-16/h4-8,10-13,15,22H,3,9,14H2,1-2H3,(H,21,23)/t15-/m0/s1. The number of anilines is 2. The third kappa shape index (κ3) is 5.95. The minimum atomic E-state index is -0.530. The van der Waals surface area contributed by atoms with Gasteiger partial charge in [0.25, 0.3) is 5.91 Å². The van der Waals surface area contributed by atoms with E-state index >= 15 is 0 Å². The van der Waals surface area contributed by atoms with Crippen LogP contribution in [0.2, 0.25) is 0 Å². The Morgan fingerprint density at radius 2 is 1.72 bits per heavy atom. The minimum Gasteiger partial charge on any atom is -0.452 e. The lowest BCUT2D eigenvalue weighted by Crippen LogP contribution is -2.35. The smallest absolute Gasteiger partial charge is 0.340 e. The van der Waals surface area contributed by atoms with E-state index in [9.17, 15) is 9.59 Å². The van der Waals surface area contributed by atoms with Gasteiger partial charge in [-0.3, -0.25) is 4.79 Å². The second-order valence-corrected chi connectivity index (χ2v) is 5.87. The van der Waals surface area contributed by atoms with E-state index in [1.165, 1.54) is 0 Å². The van der Waals surface area contributed by atoms with Gasteiger partial charge in [0.1, 0.15) is 0 Å². The molecular formula is C20H24N2O3. The number of rotatable bonds is 8. The van der Waals surface area contributed by atoms with Crippen LogP contribution in [0.15, 0.2) is 54.6 Å². The average molecular weight is 340 g/mol. The van der Waals surface area contributed by atoms with Crippen LogP contribution >= 0.6 is 0 Å². The van der Waals surface area contributed by atoms with Crippen molar-refractivity contribution in [3.8, 4) is 0 Å². The molecule has 2 aromatic rings. The Morgan fingerprint density at radius 3 is 2.44 bits per heavy atom. The predicted molar refractivity (Wildman–Crippen MR) is 99.0 cm³/mol. The van der Waals surface area contributed by atoms with Crippen LogP contribution in [0.5, 0.6) is 0 Å². The van der Waals surface area contributed by atoms with Gasteiger partial charge in [0, 0.05) is 11.7 Å². The van der Waals surface area contributed by atoms with Crippen molar-refractivity contribution < 1.29 is 14.3 Å². The van der Waals surface area contributed by atoms with Crippen molar-refractivity contribution in [3.63, 3.8) is 0 Å². The molecule has 0 aliphatic heterocycles. The van der Waals surface area contributed by atoms with E-state index in [4.69, 9.17) is 4.74 Å². The highest BCUT2D eigenvalue weighted by Gasteiger charge is 2.15. The Hall–Kier alpha value is -2.82. The first-order valence-corrected chi connectivity index (χ1v) is 8.47. The van der Waals surface area contributed by atoms with Crippen LogP contribution in [0.3, 0.4) is 0 Å². The largest absolute Gasteiger partial charge is 0.452 e. The molecule has 1 amide bonds. The lowest BCUT2D eigenvalue weighted by molar-refractivity contribution is -0.124. The first-order valence-electron chi connectivity index (χ1n) is 8.47. The molecule has 0 aliphatic carbocycles. The first kappa shape index (κ1) is 18.5. The summed E-state index contributed by atoms with van der Waals surface area (Å²) in [5.74, 6) is -0.819. The van der Waals surface area contributed by atoms with Gasteiger partial charge in [-0.05, 0) is 37.6 Å². The molecular weight excluding hydrogens is 316 g/mol. The van der Waals surface area contributed by atoms with Crippen molar-refractivity contribution in [1.82, 2.24) is 5.32 Å². The van der Waals surface area contributed by atoms with Crippen molar-refractivity contribution in [2.24, 2.45) is 0 Å². The Bertz CT molecular complexity index is 701. The van der Waals surface area contributed by atoms with E-state index < -0.39 is 5.97 Å². The van der Waals surface area contributed by atoms with E-state index in [0.717, 1.165) is 18.5 Å². The lowest BCUT2D eigenvalue weighted by atomic mass is 10.1. The number of carbonyl (C=O) groups is 2. The molecule has 0 aliphatic rings. The van der Waals surface area contributed by atoms with Crippen molar-refractivity contribution in [3.05, 3.63) is 60.2 Å². The molecule has 0 radical (unpaired) electrons. The number of hydrogen-bond acceptors (Lipinski definition) is 4. The van der Waals surface area contributed by atoms with Crippen LogP contribution in [0.4, 0.5) is 11.4 Å². The summed E-state index contributed by atoms with van der Waals surface area (Å²) in [6.45, 7) is 3.70. The van der Waals surface area contributed by atoms with E-state index in [-0.39, 0.29) is 18.6 Å². The summed E-state index contributed by atoms with van der Waals surface area (Å²) in [5, 5.41) is 6.00. The molecule has 132 valence electrons. The monoisotopic (exact) mass is 340 g/mol. The Balaban J connectivity index is 1.96. The van der Waals surface area contributed by atoms with Gasteiger partial charge in [-0.15, -0.1) is 0 Å². The molecule has 0 spiro atoms. The quantitative estimate of drug-likeness (QED) is 0.715. The highest BCUT2D eigenvalue weighted by atomic mass is 16.5. The first-order chi connectivity index (χ1) is 12.1. The molecule has 0 fully saturated rings. The van der Waals surface area contributed by atoms with E-state index in [2.05, 4.69) is 17.6 Å². The summed E-state index contributed by atoms with van der Waals surface area (Å²) >= 11 is 0. The zero-order valence-electron chi connectivity index (χ0n) is 14.6. The molecule has 1 atom stereocenters. The lowest BCUT2D eigenvalue weighted by Gasteiger charge is -2.14. The van der Waals surface area contributed by atoms with E-state index in [0.29, 0.717) is 11.3 Å². The van der Waals surface area contributed by atoms with Gasteiger partial charge in [-0.1, -0.05) is 43.7 Å².